The van der Waals surface area contributed by atoms with Crippen molar-refractivity contribution in [3.63, 3.8) is 0 Å². The van der Waals surface area contributed by atoms with E-state index < -0.39 is 12.2 Å². The first-order valence-corrected chi connectivity index (χ1v) is 37.9. The van der Waals surface area contributed by atoms with Gasteiger partial charge in [0.25, 0.3) is 0 Å². The van der Waals surface area contributed by atoms with Crippen LogP contribution >= 0.6 is 0 Å². The van der Waals surface area contributed by atoms with Crippen LogP contribution in [0.15, 0.2) is 280 Å². The molecule has 0 amide bonds. The Morgan fingerprint density at radius 3 is 1.14 bits per heavy atom. The second kappa shape index (κ2) is 35.0. The fraction of sp³-hybridized carbons (Fsp3) is 0.173. The number of aliphatic hydroxyl groups is 2. The largest absolute Gasteiger partial charge is 0.392 e. The van der Waals surface area contributed by atoms with Gasteiger partial charge in [0.05, 0.1) is 46.0 Å². The molecule has 7 aromatic heterocycles. The first-order valence-electron chi connectivity index (χ1n) is 37.9. The average Bonchev–Trinajstić information content (AvgIpc) is 0.737. The number of rotatable bonds is 12. The number of aromatic nitrogens is 13. The Hall–Kier alpha value is -12.6. The van der Waals surface area contributed by atoms with Gasteiger partial charge in [-0.05, 0) is 141 Å². The Labute approximate surface area is 679 Å². The number of benzene rings is 10. The van der Waals surface area contributed by atoms with E-state index in [2.05, 4.69) is 311 Å². The molecule has 0 saturated heterocycles. The van der Waals surface area contributed by atoms with Gasteiger partial charge in [0, 0.05) is 103 Å². The van der Waals surface area contributed by atoms with E-state index in [1.54, 1.807) is 55.4 Å². The number of hydrogen-bond donors (Lipinski definition) is 2. The van der Waals surface area contributed by atoms with Crippen LogP contribution in [0.2, 0.25) is 0 Å². The van der Waals surface area contributed by atoms with Gasteiger partial charge in [0.2, 0.25) is 17.5 Å². The average molecular weight is 1670 g/mol. The van der Waals surface area contributed by atoms with E-state index in [1.807, 2.05) is 47.7 Å². The third-order valence-corrected chi connectivity index (χ3v) is 19.8. The predicted octanol–water partition coefficient (Wildman–Crippen LogP) is 22.3. The summed E-state index contributed by atoms with van der Waals surface area (Å²) in [6.45, 7) is 24.6. The van der Waals surface area contributed by atoms with Crippen molar-refractivity contribution in [2.75, 3.05) is 0 Å². The van der Waals surface area contributed by atoms with Gasteiger partial charge in [-0.3, -0.25) is 4.98 Å². The minimum atomic E-state index is -0.443. The van der Waals surface area contributed by atoms with E-state index in [-0.39, 0.29) is 30.9 Å². The number of aryl methyl sites for hydroxylation is 6. The molecule has 567 valence electrons. The fourth-order valence-electron chi connectivity index (χ4n) is 13.8. The van der Waals surface area contributed by atoms with Gasteiger partial charge in [-0.15, -0.1) is 34.9 Å². The molecule has 0 aliphatic rings. The standard InChI is InChI=1S/C44H28N2.C28H27N2.C15H9N9.C11H24O2.Ir/c1-3-13-31(14-4-1)39-27-41(35-21-19-29-11-7-9-17-33(29)25-35)45-43-37(39)23-24-38-40(32-15-5-2-6-16-32)28-42(46-44(38)43)36-22-20-30-12-8-10-18-34(30)26-36;1-17-10-18(2)13-23(12-17)27-28(24-14-19(3)11-20(4)15-24)30-25(16-29-27)26-21(5)8-7-9-22(26)6;1-4-16-10(17-5-1)13-22-14(11-18-6-2-7-19-11)24-15(23-13)12-20-8-3-9-21-12;1-10(2,3)8(12)7-9(13)11(4,5)6;/h1-28H;7-12,14-16H,1-6H3;1-9H;8-9,12-13H,7H2,1-6H3;/q;-1;;;. The molecule has 17 rings (SSSR count). The van der Waals surface area contributed by atoms with Crippen LogP contribution in [0.5, 0.6) is 0 Å². The number of hydrogen-bond acceptors (Lipinski definition) is 15. The zero-order valence-electron chi connectivity index (χ0n) is 66.0. The normalized spacial score (nSPS) is 11.8. The summed E-state index contributed by atoms with van der Waals surface area (Å²) in [4.78, 5) is 59.1. The molecule has 1 radical (unpaired) electrons. The molecule has 0 bridgehead atoms. The molecule has 0 aliphatic carbocycles. The van der Waals surface area contributed by atoms with Gasteiger partial charge in [-0.2, -0.15) is 0 Å². The Morgan fingerprint density at radius 1 is 0.325 bits per heavy atom. The van der Waals surface area contributed by atoms with Crippen LogP contribution in [0.3, 0.4) is 0 Å². The van der Waals surface area contributed by atoms with Crippen molar-refractivity contribution >= 4 is 43.4 Å². The summed E-state index contributed by atoms with van der Waals surface area (Å²) in [6, 6.07) is 86.2. The van der Waals surface area contributed by atoms with Crippen LogP contribution < -0.4 is 0 Å². The van der Waals surface area contributed by atoms with E-state index in [0.717, 1.165) is 106 Å². The molecule has 17 aromatic rings. The van der Waals surface area contributed by atoms with Crippen LogP contribution in [0, 0.1) is 58.4 Å². The number of fused-ring (bicyclic) bond motifs is 5. The maximum Gasteiger partial charge on any atom is 0.202 e. The second-order valence-electron chi connectivity index (χ2n) is 30.7. The van der Waals surface area contributed by atoms with Crippen LogP contribution in [0.1, 0.15) is 81.3 Å². The van der Waals surface area contributed by atoms with Crippen LogP contribution in [0.25, 0.3) is 157 Å². The summed E-state index contributed by atoms with van der Waals surface area (Å²) in [5, 5.41) is 26.5. The monoisotopic (exact) mass is 1670 g/mol. The van der Waals surface area contributed by atoms with E-state index in [0.29, 0.717) is 41.4 Å². The maximum atomic E-state index is 9.76. The van der Waals surface area contributed by atoms with Gasteiger partial charge < -0.3 is 15.2 Å². The van der Waals surface area contributed by atoms with E-state index in [4.69, 9.17) is 19.9 Å². The topological polar surface area (TPSA) is 208 Å². The molecular formula is C98H88IrN13O2-. The third kappa shape index (κ3) is 18.6. The molecule has 10 aromatic carbocycles. The van der Waals surface area contributed by atoms with Crippen molar-refractivity contribution in [2.45, 2.75) is 102 Å². The summed E-state index contributed by atoms with van der Waals surface area (Å²) in [5.41, 5.74) is 23.3. The molecule has 0 fully saturated rings. The number of aliphatic hydroxyl groups excluding tert-OH is 2. The number of nitrogens with zero attached hydrogens (tertiary/aromatic N) is 13. The fourth-order valence-corrected chi connectivity index (χ4v) is 13.8. The van der Waals surface area contributed by atoms with E-state index in [1.165, 1.54) is 49.4 Å². The molecule has 2 atom stereocenters. The molecule has 0 spiro atoms. The van der Waals surface area contributed by atoms with Crippen molar-refractivity contribution in [2.24, 2.45) is 10.8 Å². The molecule has 114 heavy (non-hydrogen) atoms. The van der Waals surface area contributed by atoms with Crippen LogP contribution in [0.4, 0.5) is 0 Å². The molecule has 2 N–H and O–H groups in total. The molecule has 2 unspecified atom stereocenters. The first kappa shape index (κ1) is 79.5. The van der Waals surface area contributed by atoms with Gasteiger partial charge >= 0.3 is 0 Å². The smallest absolute Gasteiger partial charge is 0.202 e. The Balaban J connectivity index is 0.000000145. The van der Waals surface area contributed by atoms with Gasteiger partial charge in [0.15, 0.2) is 17.5 Å². The maximum absolute atomic E-state index is 9.76. The van der Waals surface area contributed by atoms with Crippen molar-refractivity contribution < 1.29 is 30.3 Å². The van der Waals surface area contributed by atoms with E-state index >= 15 is 0 Å². The summed E-state index contributed by atoms with van der Waals surface area (Å²) in [5.74, 6) is 2.01. The molecule has 0 saturated carbocycles. The van der Waals surface area contributed by atoms with E-state index in [9.17, 15) is 10.2 Å². The Bertz CT molecular complexity index is 5850. The molecule has 16 heteroatoms. The molecule has 7 heterocycles. The number of pyridine rings is 2. The summed E-state index contributed by atoms with van der Waals surface area (Å²) >= 11 is 0. The first-order chi connectivity index (χ1) is 54.5. The molecule has 15 nitrogen and oxygen atoms in total. The predicted molar refractivity (Wildman–Crippen MR) is 458 cm³/mol. The van der Waals surface area contributed by atoms with Crippen molar-refractivity contribution in [3.05, 3.63) is 319 Å². The molecular weight excluding hydrogens is 1580 g/mol. The van der Waals surface area contributed by atoms with Crippen molar-refractivity contribution in [1.29, 1.82) is 0 Å². The Morgan fingerprint density at radius 2 is 0.728 bits per heavy atom. The SMILES string of the molecule is CC(C)(C)C(O)CC(O)C(C)(C)C.Cc1[c-]c(-c2ncc(-c3c(C)cccc3C)nc2-c2cc(C)cc(C)c2)cc(C)c1.[Ir].c1ccc(-c2cc(-c3ccc4ccccc4c3)nc3c2ccc2c(-c4ccccc4)cc(-c4ccc5ccccc5c4)nc23)cc1.c1cnc(-c2nc(-c3ncccn3)nc(-c3ncccn3)n2)nc1. The second-order valence-corrected chi connectivity index (χ2v) is 30.7. The minimum Gasteiger partial charge on any atom is -0.392 e. The van der Waals surface area contributed by atoms with Crippen molar-refractivity contribution in [1.82, 2.24) is 64.8 Å². The zero-order valence-corrected chi connectivity index (χ0v) is 68.4. The van der Waals surface area contributed by atoms with Crippen LogP contribution in [-0.4, -0.2) is 87.2 Å². The van der Waals surface area contributed by atoms with Gasteiger partial charge in [-0.1, -0.05) is 249 Å². The zero-order chi connectivity index (χ0) is 78.9. The third-order valence-electron chi connectivity index (χ3n) is 19.8. The quantitative estimate of drug-likeness (QED) is 0.0861. The van der Waals surface area contributed by atoms with Crippen LogP contribution in [-0.2, 0) is 20.1 Å². The van der Waals surface area contributed by atoms with Gasteiger partial charge in [0.1, 0.15) is 0 Å². The summed E-state index contributed by atoms with van der Waals surface area (Å²) < 4.78 is 0. The summed E-state index contributed by atoms with van der Waals surface area (Å²) in [7, 11) is 0. The summed E-state index contributed by atoms with van der Waals surface area (Å²) in [6.07, 6.45) is 11.2. The minimum absolute atomic E-state index is 0. The Kier molecular flexibility index (Phi) is 24.4. The van der Waals surface area contributed by atoms with Gasteiger partial charge in [-0.25, -0.2) is 54.8 Å². The van der Waals surface area contributed by atoms with Crippen molar-refractivity contribution in [3.8, 4) is 113 Å². The molecule has 0 aliphatic heterocycles.